The van der Waals surface area contributed by atoms with Crippen LogP contribution < -0.4 is 5.32 Å². The van der Waals surface area contributed by atoms with Gasteiger partial charge in [0.15, 0.2) is 0 Å². The molecule has 1 N–H and O–H groups in total. The Hall–Kier alpha value is -1.87. The maximum absolute atomic E-state index is 12.1. The summed E-state index contributed by atoms with van der Waals surface area (Å²) in [7, 11) is 1.59. The Morgan fingerprint density at radius 1 is 1.47 bits per heavy atom. The average Bonchev–Trinajstić information content (AvgIpc) is 2.93. The Morgan fingerprint density at radius 2 is 2.26 bits per heavy atom. The Kier molecular flexibility index (Phi) is 4.17. The van der Waals surface area contributed by atoms with Gasteiger partial charge in [-0.05, 0) is 24.3 Å². The monoisotopic (exact) mass is 282 g/mol. The lowest BCUT2D eigenvalue weighted by molar-refractivity contribution is 0.102. The van der Waals surface area contributed by atoms with Crippen molar-refractivity contribution in [2.75, 3.05) is 19.0 Å². The summed E-state index contributed by atoms with van der Waals surface area (Å²) in [6.45, 7) is 4.59. The van der Waals surface area contributed by atoms with Gasteiger partial charge in [-0.25, -0.2) is 9.67 Å². The summed E-state index contributed by atoms with van der Waals surface area (Å²) in [6.07, 6.45) is 0. The molecule has 2 rings (SSSR count). The molecule has 0 aliphatic rings. The zero-order valence-electron chi connectivity index (χ0n) is 10.9. The third-order valence-electron chi connectivity index (χ3n) is 2.37. The molecule has 19 heavy (non-hydrogen) atoms. The molecule has 8 nitrogen and oxygen atoms in total. The number of rotatable bonds is 5. The van der Waals surface area contributed by atoms with E-state index in [1.165, 1.54) is 16.0 Å². The van der Waals surface area contributed by atoms with Crippen LogP contribution >= 0.6 is 11.3 Å². The van der Waals surface area contributed by atoms with Crippen molar-refractivity contribution >= 4 is 23.2 Å². The Balaban J connectivity index is 2.11. The number of ether oxygens (including phenoxy) is 1. The molecule has 2 aromatic rings. The molecule has 2 heterocycles. The molecule has 0 fully saturated rings. The highest BCUT2D eigenvalue weighted by Gasteiger charge is 2.16. The summed E-state index contributed by atoms with van der Waals surface area (Å²) < 4.78 is 6.42. The molecule has 9 heteroatoms. The fourth-order valence-corrected chi connectivity index (χ4v) is 2.34. The van der Waals surface area contributed by atoms with Crippen LogP contribution in [-0.4, -0.2) is 44.8 Å². The minimum absolute atomic E-state index is 0.253. The van der Waals surface area contributed by atoms with Crippen LogP contribution in [0.5, 0.6) is 0 Å². The topological polar surface area (TPSA) is 94.8 Å². The van der Waals surface area contributed by atoms with Gasteiger partial charge in [0.1, 0.15) is 4.88 Å². The average molecular weight is 282 g/mol. The lowest BCUT2D eigenvalue weighted by Gasteiger charge is -2.04. The highest BCUT2D eigenvalue weighted by molar-refractivity contribution is 7.13. The van der Waals surface area contributed by atoms with Crippen LogP contribution in [0.25, 0.3) is 0 Å². The molecule has 0 atom stereocenters. The molecule has 2 aromatic heterocycles. The van der Waals surface area contributed by atoms with E-state index in [0.717, 1.165) is 5.01 Å². The van der Waals surface area contributed by atoms with Gasteiger partial charge in [0.05, 0.1) is 23.9 Å². The highest BCUT2D eigenvalue weighted by atomic mass is 32.1. The van der Waals surface area contributed by atoms with Crippen molar-refractivity contribution in [1.82, 2.24) is 25.2 Å². The van der Waals surface area contributed by atoms with Gasteiger partial charge in [0.2, 0.25) is 5.95 Å². The van der Waals surface area contributed by atoms with E-state index in [4.69, 9.17) is 4.74 Å². The summed E-state index contributed by atoms with van der Waals surface area (Å²) >= 11 is 1.34. The molecular weight excluding hydrogens is 268 g/mol. The Morgan fingerprint density at radius 3 is 2.89 bits per heavy atom. The first-order chi connectivity index (χ1) is 9.11. The largest absolute Gasteiger partial charge is 0.383 e. The first-order valence-corrected chi connectivity index (χ1v) is 6.44. The van der Waals surface area contributed by atoms with E-state index >= 15 is 0 Å². The molecule has 0 bridgehead atoms. The first kappa shape index (κ1) is 13.6. The molecule has 1 amide bonds. The summed E-state index contributed by atoms with van der Waals surface area (Å²) in [5.74, 6) is 0.0454. The lowest BCUT2D eigenvalue weighted by Crippen LogP contribution is -2.17. The minimum Gasteiger partial charge on any atom is -0.383 e. The van der Waals surface area contributed by atoms with Gasteiger partial charge in [-0.2, -0.15) is 0 Å². The van der Waals surface area contributed by atoms with E-state index in [1.54, 1.807) is 14.0 Å². The highest BCUT2D eigenvalue weighted by Crippen LogP contribution is 2.18. The zero-order valence-corrected chi connectivity index (χ0v) is 11.7. The molecule has 0 saturated heterocycles. The van der Waals surface area contributed by atoms with Crippen LogP contribution in [0.1, 0.15) is 20.4 Å². The number of amides is 1. The summed E-state index contributed by atoms with van der Waals surface area (Å²) in [4.78, 5) is 16.9. The number of carbonyl (C=O) groups is 1. The number of anilines is 1. The van der Waals surface area contributed by atoms with Crippen LogP contribution in [0.3, 0.4) is 0 Å². The molecule has 0 aliphatic carbocycles. The minimum atomic E-state index is -0.253. The third kappa shape index (κ3) is 3.12. The van der Waals surface area contributed by atoms with E-state index < -0.39 is 0 Å². The van der Waals surface area contributed by atoms with Gasteiger partial charge >= 0.3 is 0 Å². The number of thiazole rings is 1. The van der Waals surface area contributed by atoms with Gasteiger partial charge in [-0.1, -0.05) is 5.10 Å². The molecule has 0 aliphatic heterocycles. The normalized spacial score (nSPS) is 10.7. The SMILES string of the molecule is COCCn1nnnc1NC(=O)c1sc(C)nc1C. The van der Waals surface area contributed by atoms with Gasteiger partial charge in [-0.3, -0.25) is 10.1 Å². The van der Waals surface area contributed by atoms with Crippen LogP contribution in [0.4, 0.5) is 5.95 Å². The van der Waals surface area contributed by atoms with Crippen molar-refractivity contribution in [3.63, 3.8) is 0 Å². The molecule has 0 spiro atoms. The number of aryl methyl sites for hydroxylation is 2. The number of tetrazole rings is 1. The second-order valence-corrected chi connectivity index (χ2v) is 5.02. The quantitative estimate of drug-likeness (QED) is 0.865. The third-order valence-corrected chi connectivity index (χ3v) is 3.45. The smallest absolute Gasteiger partial charge is 0.270 e. The van der Waals surface area contributed by atoms with Crippen LogP contribution in [-0.2, 0) is 11.3 Å². The second kappa shape index (κ2) is 5.85. The fraction of sp³-hybridized carbons (Fsp3) is 0.500. The van der Waals surface area contributed by atoms with Crippen molar-refractivity contribution in [3.05, 3.63) is 15.6 Å². The van der Waals surface area contributed by atoms with Gasteiger partial charge < -0.3 is 4.74 Å². The van der Waals surface area contributed by atoms with E-state index in [1.807, 2.05) is 6.92 Å². The van der Waals surface area contributed by atoms with E-state index in [-0.39, 0.29) is 5.91 Å². The predicted molar refractivity (Wildman–Crippen MR) is 69.2 cm³/mol. The van der Waals surface area contributed by atoms with E-state index in [0.29, 0.717) is 29.7 Å². The maximum atomic E-state index is 12.1. The van der Waals surface area contributed by atoms with Gasteiger partial charge in [0, 0.05) is 7.11 Å². The van der Waals surface area contributed by atoms with Gasteiger partial charge in [-0.15, -0.1) is 11.3 Å². The Labute approximate surface area is 113 Å². The van der Waals surface area contributed by atoms with Crippen LogP contribution in [0.2, 0.25) is 0 Å². The number of nitrogens with zero attached hydrogens (tertiary/aromatic N) is 5. The van der Waals surface area contributed by atoms with Crippen molar-refractivity contribution in [2.24, 2.45) is 0 Å². The summed E-state index contributed by atoms with van der Waals surface area (Å²) in [5, 5.41) is 14.6. The number of aromatic nitrogens is 5. The first-order valence-electron chi connectivity index (χ1n) is 5.62. The van der Waals surface area contributed by atoms with Crippen molar-refractivity contribution < 1.29 is 9.53 Å². The molecule has 102 valence electrons. The maximum Gasteiger partial charge on any atom is 0.270 e. The van der Waals surface area contributed by atoms with Crippen LogP contribution in [0.15, 0.2) is 0 Å². The van der Waals surface area contributed by atoms with Crippen molar-refractivity contribution in [1.29, 1.82) is 0 Å². The lowest BCUT2D eigenvalue weighted by atomic mass is 10.4. The number of hydrogen-bond donors (Lipinski definition) is 1. The number of carbonyl (C=O) groups excluding carboxylic acids is 1. The van der Waals surface area contributed by atoms with Crippen molar-refractivity contribution in [2.45, 2.75) is 20.4 Å². The summed E-state index contributed by atoms with van der Waals surface area (Å²) in [5.41, 5.74) is 0.705. The molecule has 0 radical (unpaired) electrons. The fourth-order valence-electron chi connectivity index (χ4n) is 1.52. The number of nitrogens with one attached hydrogen (secondary N) is 1. The number of hydrogen-bond acceptors (Lipinski definition) is 7. The predicted octanol–water partition coefficient (Wildman–Crippen LogP) is 0.645. The zero-order chi connectivity index (χ0) is 13.8. The van der Waals surface area contributed by atoms with E-state index in [2.05, 4.69) is 25.8 Å². The van der Waals surface area contributed by atoms with Crippen molar-refractivity contribution in [3.8, 4) is 0 Å². The number of methoxy groups -OCH3 is 1. The Bertz CT molecular complexity index is 578. The van der Waals surface area contributed by atoms with E-state index in [9.17, 15) is 4.79 Å². The van der Waals surface area contributed by atoms with Crippen LogP contribution in [0, 0.1) is 13.8 Å². The van der Waals surface area contributed by atoms with Gasteiger partial charge in [0.25, 0.3) is 5.91 Å². The molecule has 0 unspecified atom stereocenters. The molecule has 0 saturated carbocycles. The molecular formula is C10H14N6O2S. The second-order valence-electron chi connectivity index (χ2n) is 3.82. The summed E-state index contributed by atoms with van der Waals surface area (Å²) in [6, 6.07) is 0. The standard InChI is InChI=1S/C10H14N6O2S/c1-6-8(19-7(2)11-6)9(17)12-10-13-14-15-16(10)4-5-18-3/h4-5H2,1-3H3,(H,12,13,15,17). The molecule has 0 aromatic carbocycles.